The molecule has 1 heterocycles. The van der Waals surface area contributed by atoms with Crippen LogP contribution in [0.25, 0.3) is 0 Å². The van der Waals surface area contributed by atoms with Gasteiger partial charge in [-0.3, -0.25) is 5.43 Å². The minimum atomic E-state index is 0.138. The van der Waals surface area contributed by atoms with Crippen LogP contribution in [0.3, 0.4) is 0 Å². The average molecular weight is 354 g/mol. The largest absolute Gasteiger partial charge is 0.375 e. The molecule has 0 bridgehead atoms. The Morgan fingerprint density at radius 3 is 2.52 bits per heavy atom. The van der Waals surface area contributed by atoms with Gasteiger partial charge in [-0.15, -0.1) is 11.3 Å². The van der Waals surface area contributed by atoms with Crippen molar-refractivity contribution in [3.8, 4) is 0 Å². The summed E-state index contributed by atoms with van der Waals surface area (Å²) in [5.74, 6) is 0. The third-order valence-electron chi connectivity index (χ3n) is 2.77. The second-order valence-electron chi connectivity index (χ2n) is 4.51. The SMILES string of the molecule is C/C=C/COCc1csc(/C=N/NC(N)=S)c1COC/C=C/C. The number of thiocarbonyl (C=S) groups is 1. The van der Waals surface area contributed by atoms with Gasteiger partial charge in [-0.25, -0.2) is 0 Å². The number of nitrogens with zero attached hydrogens (tertiary/aromatic N) is 1. The third-order valence-corrected chi connectivity index (χ3v) is 3.87. The molecule has 0 unspecified atom stereocenters. The van der Waals surface area contributed by atoms with Crippen molar-refractivity contribution in [2.24, 2.45) is 10.8 Å². The zero-order chi connectivity index (χ0) is 16.9. The summed E-state index contributed by atoms with van der Waals surface area (Å²) in [5, 5.41) is 6.22. The summed E-state index contributed by atoms with van der Waals surface area (Å²) in [7, 11) is 0. The molecule has 23 heavy (non-hydrogen) atoms. The van der Waals surface area contributed by atoms with Crippen LogP contribution in [0, 0.1) is 0 Å². The Labute approximate surface area is 146 Å². The van der Waals surface area contributed by atoms with Crippen LogP contribution < -0.4 is 11.2 Å². The molecule has 0 saturated heterocycles. The maximum absolute atomic E-state index is 5.67. The molecule has 3 N–H and O–H groups in total. The quantitative estimate of drug-likeness (QED) is 0.222. The summed E-state index contributed by atoms with van der Waals surface area (Å²) in [5.41, 5.74) is 10.1. The Balaban J connectivity index is 2.75. The molecule has 1 aromatic rings. The zero-order valence-electron chi connectivity index (χ0n) is 13.5. The predicted octanol–water partition coefficient (Wildman–Crippen LogP) is 3.10. The van der Waals surface area contributed by atoms with E-state index in [1.165, 1.54) is 0 Å². The normalized spacial score (nSPS) is 11.9. The van der Waals surface area contributed by atoms with Crippen LogP contribution in [-0.4, -0.2) is 24.5 Å². The van der Waals surface area contributed by atoms with E-state index in [2.05, 4.69) is 15.9 Å². The van der Waals surface area contributed by atoms with Crippen molar-refractivity contribution >= 4 is 34.9 Å². The monoisotopic (exact) mass is 353 g/mol. The Kier molecular flexibility index (Phi) is 10.1. The lowest BCUT2D eigenvalue weighted by Crippen LogP contribution is -2.24. The number of nitrogens with two attached hydrogens (primary N) is 1. The first-order valence-corrected chi connectivity index (χ1v) is 8.53. The standard InChI is InChI=1S/C16H23N3O2S2/c1-3-5-7-20-10-13-12-23-15(9-18-19-16(17)22)14(13)11-21-8-6-4-2/h3-6,9,12H,7-8,10-11H2,1-2H3,(H3,17,19,22)/b5-3+,6-4+,18-9+. The Morgan fingerprint density at radius 2 is 1.91 bits per heavy atom. The highest BCUT2D eigenvalue weighted by Gasteiger charge is 2.10. The van der Waals surface area contributed by atoms with E-state index in [1.807, 2.05) is 38.2 Å². The zero-order valence-corrected chi connectivity index (χ0v) is 15.1. The fourth-order valence-electron chi connectivity index (χ4n) is 1.64. The van der Waals surface area contributed by atoms with Crippen LogP contribution in [0.15, 0.2) is 34.8 Å². The molecule has 0 fully saturated rings. The first-order valence-electron chi connectivity index (χ1n) is 7.24. The number of ether oxygens (including phenoxy) is 2. The molecule has 0 amide bonds. The number of rotatable bonds is 10. The highest BCUT2D eigenvalue weighted by Crippen LogP contribution is 2.23. The summed E-state index contributed by atoms with van der Waals surface area (Å²) >= 11 is 6.31. The number of hydrogen-bond donors (Lipinski definition) is 2. The van der Waals surface area contributed by atoms with Crippen molar-refractivity contribution in [3.05, 3.63) is 45.7 Å². The van der Waals surface area contributed by atoms with Gasteiger partial charge < -0.3 is 15.2 Å². The number of hydrazone groups is 1. The third kappa shape index (κ3) is 8.03. The lowest BCUT2D eigenvalue weighted by molar-refractivity contribution is 0.134. The number of allylic oxidation sites excluding steroid dienone is 2. The van der Waals surface area contributed by atoms with Gasteiger partial charge in [0, 0.05) is 5.56 Å². The lowest BCUT2D eigenvalue weighted by atomic mass is 10.1. The predicted molar refractivity (Wildman–Crippen MR) is 101 cm³/mol. The molecule has 0 aliphatic rings. The van der Waals surface area contributed by atoms with Gasteiger partial charge in [0.25, 0.3) is 0 Å². The van der Waals surface area contributed by atoms with Gasteiger partial charge in [0.2, 0.25) is 0 Å². The summed E-state index contributed by atoms with van der Waals surface area (Å²) in [6.45, 7) is 6.15. The van der Waals surface area contributed by atoms with Crippen molar-refractivity contribution < 1.29 is 9.47 Å². The highest BCUT2D eigenvalue weighted by molar-refractivity contribution is 7.80. The molecule has 5 nitrogen and oxygen atoms in total. The van der Waals surface area contributed by atoms with E-state index in [4.69, 9.17) is 27.4 Å². The smallest absolute Gasteiger partial charge is 0.184 e. The van der Waals surface area contributed by atoms with Crippen molar-refractivity contribution in [2.45, 2.75) is 27.1 Å². The Morgan fingerprint density at radius 1 is 1.26 bits per heavy atom. The molecule has 1 aromatic heterocycles. The number of thiophene rings is 1. The number of hydrogen-bond acceptors (Lipinski definition) is 5. The Hall–Kier alpha value is -1.54. The van der Waals surface area contributed by atoms with Gasteiger partial charge in [-0.05, 0) is 37.0 Å². The van der Waals surface area contributed by atoms with Crippen molar-refractivity contribution in [1.82, 2.24) is 5.43 Å². The van der Waals surface area contributed by atoms with Crippen LogP contribution in [-0.2, 0) is 22.7 Å². The van der Waals surface area contributed by atoms with Gasteiger partial charge in [0.05, 0.1) is 37.5 Å². The fraction of sp³-hybridized carbons (Fsp3) is 0.375. The summed E-state index contributed by atoms with van der Waals surface area (Å²) in [6, 6.07) is 0. The maximum atomic E-state index is 5.67. The summed E-state index contributed by atoms with van der Waals surface area (Å²) < 4.78 is 11.3. The first kappa shape index (κ1) is 19.5. The topological polar surface area (TPSA) is 68.9 Å². The molecule has 0 radical (unpaired) electrons. The van der Waals surface area contributed by atoms with Gasteiger partial charge in [-0.1, -0.05) is 24.3 Å². The van der Waals surface area contributed by atoms with E-state index in [0.29, 0.717) is 26.4 Å². The maximum Gasteiger partial charge on any atom is 0.184 e. The van der Waals surface area contributed by atoms with Crippen LogP contribution in [0.4, 0.5) is 0 Å². The molecular weight excluding hydrogens is 330 g/mol. The number of nitrogens with one attached hydrogen (secondary N) is 1. The van der Waals surface area contributed by atoms with Crippen LogP contribution in [0.5, 0.6) is 0 Å². The molecule has 0 aromatic carbocycles. The summed E-state index contributed by atoms with van der Waals surface area (Å²) in [4.78, 5) is 0.999. The van der Waals surface area contributed by atoms with Crippen molar-refractivity contribution in [3.63, 3.8) is 0 Å². The molecule has 126 valence electrons. The minimum absolute atomic E-state index is 0.138. The van der Waals surface area contributed by atoms with E-state index < -0.39 is 0 Å². The molecule has 7 heteroatoms. The van der Waals surface area contributed by atoms with Crippen molar-refractivity contribution in [2.75, 3.05) is 13.2 Å². The molecule has 0 saturated carbocycles. The second-order valence-corrected chi connectivity index (χ2v) is 5.86. The van der Waals surface area contributed by atoms with Gasteiger partial charge in [-0.2, -0.15) is 5.10 Å². The lowest BCUT2D eigenvalue weighted by Gasteiger charge is -2.06. The second kappa shape index (κ2) is 12.0. The fourth-order valence-corrected chi connectivity index (χ4v) is 2.62. The molecular formula is C16H23N3O2S2. The van der Waals surface area contributed by atoms with E-state index in [1.54, 1.807) is 17.6 Å². The molecule has 0 aliphatic carbocycles. The van der Waals surface area contributed by atoms with Gasteiger partial charge in [0.1, 0.15) is 0 Å². The highest BCUT2D eigenvalue weighted by atomic mass is 32.1. The van der Waals surface area contributed by atoms with E-state index >= 15 is 0 Å². The van der Waals surface area contributed by atoms with Crippen LogP contribution in [0.1, 0.15) is 29.9 Å². The molecule has 0 atom stereocenters. The average Bonchev–Trinajstić information content (AvgIpc) is 2.90. The van der Waals surface area contributed by atoms with Gasteiger partial charge in [0.15, 0.2) is 5.11 Å². The van der Waals surface area contributed by atoms with Crippen molar-refractivity contribution in [1.29, 1.82) is 0 Å². The molecule has 0 aliphatic heterocycles. The van der Waals surface area contributed by atoms with E-state index in [0.717, 1.165) is 16.0 Å². The van der Waals surface area contributed by atoms with E-state index in [9.17, 15) is 0 Å². The Bertz CT molecular complexity index is 566. The summed E-state index contributed by atoms with van der Waals surface area (Å²) in [6.07, 6.45) is 9.57. The molecule has 1 rings (SSSR count). The van der Waals surface area contributed by atoms with Gasteiger partial charge >= 0.3 is 0 Å². The molecule has 0 spiro atoms. The first-order chi connectivity index (χ1) is 11.2. The van der Waals surface area contributed by atoms with E-state index in [-0.39, 0.29) is 5.11 Å². The minimum Gasteiger partial charge on any atom is -0.375 e. The van der Waals surface area contributed by atoms with Crippen LogP contribution >= 0.6 is 23.6 Å². The van der Waals surface area contributed by atoms with Crippen LogP contribution in [0.2, 0.25) is 0 Å².